The number of rotatable bonds is 7. The van der Waals surface area contributed by atoms with Crippen molar-refractivity contribution in [2.24, 2.45) is 0 Å². The van der Waals surface area contributed by atoms with E-state index in [0.717, 1.165) is 25.1 Å². The molecule has 0 aliphatic carbocycles. The van der Waals surface area contributed by atoms with Crippen LogP contribution in [0.1, 0.15) is 41.4 Å². The molecular weight excluding hydrogens is 466 g/mol. The topological polar surface area (TPSA) is 96.3 Å². The second-order valence-corrected chi connectivity index (χ2v) is 8.58. The molecule has 8 nitrogen and oxygen atoms in total. The maximum absolute atomic E-state index is 13.1. The van der Waals surface area contributed by atoms with Crippen LogP contribution in [0.2, 0.25) is 5.15 Å². The van der Waals surface area contributed by atoms with Crippen molar-refractivity contribution in [2.75, 3.05) is 22.1 Å². The molecule has 180 valence electrons. The number of para-hydroxylation sites is 2. The van der Waals surface area contributed by atoms with E-state index in [0.29, 0.717) is 33.3 Å². The number of carbonyl (C=O) groups is 3. The molecule has 9 heteroatoms. The van der Waals surface area contributed by atoms with E-state index in [2.05, 4.69) is 22.7 Å². The number of halogens is 1. The van der Waals surface area contributed by atoms with Crippen LogP contribution in [0.5, 0.6) is 0 Å². The number of amides is 3. The number of anilines is 3. The number of carbonyl (C=O) groups excluding carboxylic acids is 3. The molecule has 0 fully saturated rings. The Hall–Kier alpha value is -3.91. The highest BCUT2D eigenvalue weighted by atomic mass is 35.5. The molecule has 1 aliphatic rings. The van der Waals surface area contributed by atoms with Gasteiger partial charge >= 0.3 is 0 Å². The Labute approximate surface area is 208 Å². The first-order chi connectivity index (χ1) is 16.9. The van der Waals surface area contributed by atoms with Crippen molar-refractivity contribution < 1.29 is 14.4 Å². The summed E-state index contributed by atoms with van der Waals surface area (Å²) in [5.41, 5.74) is 3.65. The minimum absolute atomic E-state index is 0.0594. The van der Waals surface area contributed by atoms with Crippen molar-refractivity contribution in [3.8, 4) is 0 Å². The molecule has 2 aromatic carbocycles. The van der Waals surface area contributed by atoms with E-state index >= 15 is 0 Å². The summed E-state index contributed by atoms with van der Waals surface area (Å²) in [5, 5.41) is 10.5. The Kier molecular flexibility index (Phi) is 7.31. The molecule has 0 saturated heterocycles. The highest BCUT2D eigenvalue weighted by Gasteiger charge is 2.27. The molecule has 2 N–H and O–H groups in total. The first kappa shape index (κ1) is 24.2. The maximum Gasteiger partial charge on any atom is 0.258 e. The van der Waals surface area contributed by atoms with Crippen LogP contribution < -0.4 is 15.5 Å². The van der Waals surface area contributed by atoms with Crippen LogP contribution in [0.4, 0.5) is 17.1 Å². The zero-order chi connectivity index (χ0) is 24.9. The molecule has 0 bridgehead atoms. The van der Waals surface area contributed by atoms with Crippen LogP contribution in [0, 0.1) is 6.92 Å². The molecule has 0 spiro atoms. The van der Waals surface area contributed by atoms with Gasteiger partial charge < -0.3 is 10.6 Å². The SMILES string of the molecule is CCCCn1nc(C)c(/C=C/C(=O)Nc2ccc(C(=O)N3CC(=O)Nc4ccccc43)cc2)c1Cl. The van der Waals surface area contributed by atoms with Gasteiger partial charge in [-0.05, 0) is 55.8 Å². The van der Waals surface area contributed by atoms with Gasteiger partial charge in [0, 0.05) is 29.4 Å². The van der Waals surface area contributed by atoms with Crippen LogP contribution >= 0.6 is 11.6 Å². The molecule has 3 amide bonds. The van der Waals surface area contributed by atoms with Gasteiger partial charge in [0.2, 0.25) is 11.8 Å². The van der Waals surface area contributed by atoms with Crippen molar-refractivity contribution >= 4 is 52.5 Å². The highest BCUT2D eigenvalue weighted by Crippen LogP contribution is 2.30. The molecule has 35 heavy (non-hydrogen) atoms. The third-order valence-electron chi connectivity index (χ3n) is 5.65. The molecule has 3 aromatic rings. The third kappa shape index (κ3) is 5.44. The summed E-state index contributed by atoms with van der Waals surface area (Å²) in [7, 11) is 0. The number of hydrogen-bond acceptors (Lipinski definition) is 4. The average molecular weight is 492 g/mol. The van der Waals surface area contributed by atoms with Crippen molar-refractivity contribution in [3.63, 3.8) is 0 Å². The predicted octanol–water partition coefficient (Wildman–Crippen LogP) is 4.90. The van der Waals surface area contributed by atoms with Crippen molar-refractivity contribution in [2.45, 2.75) is 33.2 Å². The third-order valence-corrected chi connectivity index (χ3v) is 6.05. The smallest absolute Gasteiger partial charge is 0.258 e. The first-order valence-corrected chi connectivity index (χ1v) is 11.8. The predicted molar refractivity (Wildman–Crippen MR) is 138 cm³/mol. The first-order valence-electron chi connectivity index (χ1n) is 11.4. The van der Waals surface area contributed by atoms with Gasteiger partial charge in [0.15, 0.2) is 0 Å². The number of hydrogen-bond donors (Lipinski definition) is 2. The molecule has 1 aromatic heterocycles. The fourth-order valence-electron chi connectivity index (χ4n) is 3.82. The van der Waals surface area contributed by atoms with Crippen LogP contribution in [-0.2, 0) is 16.1 Å². The van der Waals surface area contributed by atoms with E-state index in [1.807, 2.05) is 13.0 Å². The van der Waals surface area contributed by atoms with E-state index in [4.69, 9.17) is 11.6 Å². The largest absolute Gasteiger partial charge is 0.323 e. The van der Waals surface area contributed by atoms with Gasteiger partial charge in [-0.3, -0.25) is 24.0 Å². The molecule has 0 atom stereocenters. The monoisotopic (exact) mass is 491 g/mol. The zero-order valence-corrected chi connectivity index (χ0v) is 20.3. The van der Waals surface area contributed by atoms with Gasteiger partial charge in [-0.1, -0.05) is 37.1 Å². The number of nitrogens with zero attached hydrogens (tertiary/aromatic N) is 3. The zero-order valence-electron chi connectivity index (χ0n) is 19.5. The lowest BCUT2D eigenvalue weighted by Crippen LogP contribution is -2.42. The van der Waals surface area contributed by atoms with Crippen molar-refractivity contribution in [1.29, 1.82) is 0 Å². The molecule has 2 heterocycles. The lowest BCUT2D eigenvalue weighted by atomic mass is 10.1. The molecular formula is C26H26ClN5O3. The summed E-state index contributed by atoms with van der Waals surface area (Å²) in [4.78, 5) is 39.0. The fraction of sp³-hybridized carbons (Fsp3) is 0.231. The summed E-state index contributed by atoms with van der Waals surface area (Å²) in [6.45, 7) is 4.63. The van der Waals surface area contributed by atoms with E-state index in [1.165, 1.54) is 11.0 Å². The minimum Gasteiger partial charge on any atom is -0.323 e. The Balaban J connectivity index is 1.42. The van der Waals surface area contributed by atoms with Crippen LogP contribution in [0.25, 0.3) is 6.08 Å². The highest BCUT2D eigenvalue weighted by molar-refractivity contribution is 6.31. The summed E-state index contributed by atoms with van der Waals surface area (Å²) >= 11 is 6.42. The van der Waals surface area contributed by atoms with E-state index < -0.39 is 0 Å². The summed E-state index contributed by atoms with van der Waals surface area (Å²) < 4.78 is 1.75. The summed E-state index contributed by atoms with van der Waals surface area (Å²) in [5.74, 6) is -0.878. The van der Waals surface area contributed by atoms with Gasteiger partial charge in [0.25, 0.3) is 5.91 Å². The second kappa shape index (κ2) is 10.6. The van der Waals surface area contributed by atoms with Gasteiger partial charge in [0.1, 0.15) is 11.7 Å². The van der Waals surface area contributed by atoms with E-state index in [1.54, 1.807) is 53.2 Å². The number of benzene rings is 2. The van der Waals surface area contributed by atoms with Crippen molar-refractivity contribution in [3.05, 3.63) is 76.6 Å². The van der Waals surface area contributed by atoms with Crippen LogP contribution in [-0.4, -0.2) is 34.0 Å². The normalized spacial score (nSPS) is 13.0. The molecule has 0 radical (unpaired) electrons. The number of nitrogens with one attached hydrogen (secondary N) is 2. The molecule has 0 unspecified atom stereocenters. The minimum atomic E-state index is -0.331. The standard InChI is InChI=1S/C26H26ClN5O3/c1-3-4-15-32-25(27)20(17(2)30-32)13-14-23(33)28-19-11-9-18(10-12-19)26(35)31-16-24(34)29-21-7-5-6-8-22(21)31/h5-14H,3-4,15-16H2,1-2H3,(H,28,33)(H,29,34)/b14-13+. The second-order valence-electron chi connectivity index (χ2n) is 8.22. The number of fused-ring (bicyclic) bond motifs is 1. The van der Waals surface area contributed by atoms with Gasteiger partial charge in [-0.2, -0.15) is 5.10 Å². The average Bonchev–Trinajstić information content (AvgIpc) is 3.12. The lowest BCUT2D eigenvalue weighted by molar-refractivity contribution is -0.115. The summed E-state index contributed by atoms with van der Waals surface area (Å²) in [6, 6.07) is 13.7. The quantitative estimate of drug-likeness (QED) is 0.459. The molecule has 1 aliphatic heterocycles. The number of aryl methyl sites for hydroxylation is 2. The maximum atomic E-state index is 13.1. The number of aromatic nitrogens is 2. The van der Waals surface area contributed by atoms with Crippen molar-refractivity contribution in [1.82, 2.24) is 9.78 Å². The van der Waals surface area contributed by atoms with Gasteiger partial charge in [-0.25, -0.2) is 0 Å². The van der Waals surface area contributed by atoms with E-state index in [9.17, 15) is 14.4 Å². The molecule has 4 rings (SSSR count). The Morgan fingerprint density at radius 3 is 2.66 bits per heavy atom. The van der Waals surface area contributed by atoms with Crippen LogP contribution in [0.3, 0.4) is 0 Å². The lowest BCUT2D eigenvalue weighted by Gasteiger charge is -2.29. The Morgan fingerprint density at radius 1 is 1.17 bits per heavy atom. The fourth-order valence-corrected chi connectivity index (χ4v) is 4.14. The van der Waals surface area contributed by atoms with Gasteiger partial charge in [0.05, 0.1) is 17.1 Å². The Bertz CT molecular complexity index is 1300. The summed E-state index contributed by atoms with van der Waals surface area (Å²) in [6.07, 6.45) is 5.07. The van der Waals surface area contributed by atoms with Crippen LogP contribution in [0.15, 0.2) is 54.6 Å². The molecule has 0 saturated carbocycles. The Morgan fingerprint density at radius 2 is 1.91 bits per heavy atom. The number of unbranched alkanes of at least 4 members (excludes halogenated alkanes) is 1. The van der Waals surface area contributed by atoms with Gasteiger partial charge in [-0.15, -0.1) is 0 Å². The van der Waals surface area contributed by atoms with E-state index in [-0.39, 0.29) is 24.3 Å².